The van der Waals surface area contributed by atoms with Crippen molar-refractivity contribution < 1.29 is 4.79 Å². The summed E-state index contributed by atoms with van der Waals surface area (Å²) in [5.41, 5.74) is 3.41. The number of carbonyl (C=O) groups excluding carboxylic acids is 1. The molecule has 0 spiro atoms. The quantitative estimate of drug-likeness (QED) is 0.451. The van der Waals surface area contributed by atoms with E-state index >= 15 is 0 Å². The monoisotopic (exact) mass is 158 g/mol. The third kappa shape index (κ3) is 0.900. The van der Waals surface area contributed by atoms with E-state index in [1.54, 1.807) is 0 Å². The van der Waals surface area contributed by atoms with Gasteiger partial charge in [0.1, 0.15) is 6.29 Å². The maximum Gasteiger partial charge on any atom is 0.131 e. The molecule has 60 valence electrons. The van der Waals surface area contributed by atoms with Gasteiger partial charge in [0.05, 0.1) is 5.92 Å². The van der Waals surface area contributed by atoms with E-state index < -0.39 is 0 Å². The first kappa shape index (κ1) is 7.29. The summed E-state index contributed by atoms with van der Waals surface area (Å²) in [6.45, 7) is 3.89. The molecule has 1 aliphatic carbocycles. The zero-order chi connectivity index (χ0) is 8.55. The average Bonchev–Trinajstić information content (AvgIpc) is 2.40. The van der Waals surface area contributed by atoms with Gasteiger partial charge in [0.15, 0.2) is 0 Å². The number of rotatable bonds is 1. The molecule has 1 aromatic carbocycles. The van der Waals surface area contributed by atoms with Crippen LogP contribution in [0.1, 0.15) is 17.0 Å². The number of aldehydes is 1. The Morgan fingerprint density at radius 1 is 1.42 bits per heavy atom. The van der Waals surface area contributed by atoms with Crippen molar-refractivity contribution in [2.24, 2.45) is 0 Å². The van der Waals surface area contributed by atoms with Gasteiger partial charge >= 0.3 is 0 Å². The van der Waals surface area contributed by atoms with Crippen molar-refractivity contribution in [3.8, 4) is 0 Å². The molecule has 1 aromatic rings. The predicted octanol–water partition coefficient (Wildman–Crippen LogP) is 2.08. The van der Waals surface area contributed by atoms with Crippen molar-refractivity contribution in [3.05, 3.63) is 47.5 Å². The van der Waals surface area contributed by atoms with Crippen molar-refractivity contribution in [1.82, 2.24) is 0 Å². The lowest BCUT2D eigenvalue weighted by molar-refractivity contribution is -0.108. The maximum atomic E-state index is 10.7. The summed E-state index contributed by atoms with van der Waals surface area (Å²) in [7, 11) is 0. The van der Waals surface area contributed by atoms with Gasteiger partial charge in [-0.05, 0) is 17.5 Å². The van der Waals surface area contributed by atoms with E-state index in [1.807, 2.05) is 18.2 Å². The molecular weight excluding hydrogens is 148 g/mol. The molecule has 0 saturated carbocycles. The molecule has 0 N–H and O–H groups in total. The van der Waals surface area contributed by atoms with Gasteiger partial charge in [-0.3, -0.25) is 0 Å². The lowest BCUT2D eigenvalue weighted by Gasteiger charge is -2.01. The van der Waals surface area contributed by atoms with Crippen molar-refractivity contribution in [1.29, 1.82) is 0 Å². The van der Waals surface area contributed by atoms with Crippen LogP contribution >= 0.6 is 0 Å². The van der Waals surface area contributed by atoms with Crippen LogP contribution in [0.5, 0.6) is 0 Å². The Morgan fingerprint density at radius 2 is 2.17 bits per heavy atom. The Hall–Kier alpha value is -1.37. The van der Waals surface area contributed by atoms with Gasteiger partial charge in [0, 0.05) is 0 Å². The molecule has 0 saturated heterocycles. The first-order valence-corrected chi connectivity index (χ1v) is 4.03. The van der Waals surface area contributed by atoms with Crippen molar-refractivity contribution in [3.63, 3.8) is 0 Å². The molecule has 1 nitrogen and oxygen atoms in total. The second-order valence-electron chi connectivity index (χ2n) is 3.15. The van der Waals surface area contributed by atoms with Gasteiger partial charge < -0.3 is 4.79 Å². The Morgan fingerprint density at radius 3 is 2.92 bits per heavy atom. The third-order valence-electron chi connectivity index (χ3n) is 2.38. The molecule has 0 radical (unpaired) electrons. The molecule has 0 aliphatic heterocycles. The molecule has 1 unspecified atom stereocenters. The van der Waals surface area contributed by atoms with Crippen LogP contribution in [-0.2, 0) is 11.2 Å². The van der Waals surface area contributed by atoms with Gasteiger partial charge in [-0.15, -0.1) is 0 Å². The van der Waals surface area contributed by atoms with Crippen LogP contribution in [0, 0.1) is 0 Å². The number of hydrogen-bond acceptors (Lipinski definition) is 1. The van der Waals surface area contributed by atoms with Crippen LogP contribution in [0.3, 0.4) is 0 Å². The summed E-state index contributed by atoms with van der Waals surface area (Å²) >= 11 is 0. The second kappa shape index (κ2) is 2.59. The number of benzene rings is 1. The highest BCUT2D eigenvalue weighted by Gasteiger charge is 2.24. The highest BCUT2D eigenvalue weighted by molar-refractivity contribution is 5.71. The van der Waals surface area contributed by atoms with Gasteiger partial charge in [-0.1, -0.05) is 36.4 Å². The molecule has 2 rings (SSSR count). The molecule has 1 atom stereocenters. The first-order chi connectivity index (χ1) is 5.83. The highest BCUT2D eigenvalue weighted by atomic mass is 16.1. The number of fused-ring (bicyclic) bond motifs is 1. The van der Waals surface area contributed by atoms with Gasteiger partial charge in [-0.25, -0.2) is 0 Å². The molecule has 1 aliphatic rings. The summed E-state index contributed by atoms with van der Waals surface area (Å²) in [6, 6.07) is 8.03. The lowest BCUT2D eigenvalue weighted by atomic mass is 10.0. The summed E-state index contributed by atoms with van der Waals surface area (Å²) in [4.78, 5) is 10.7. The Labute approximate surface area is 71.7 Å². The highest BCUT2D eigenvalue weighted by Crippen LogP contribution is 2.34. The van der Waals surface area contributed by atoms with E-state index in [4.69, 9.17) is 0 Å². The molecule has 0 heterocycles. The van der Waals surface area contributed by atoms with Crippen molar-refractivity contribution >= 4 is 6.29 Å². The maximum absolute atomic E-state index is 10.7. The van der Waals surface area contributed by atoms with E-state index in [0.717, 1.165) is 23.8 Å². The minimum Gasteiger partial charge on any atom is -0.302 e. The number of carbonyl (C=O) groups is 1. The van der Waals surface area contributed by atoms with Crippen molar-refractivity contribution in [2.45, 2.75) is 12.3 Å². The summed E-state index contributed by atoms with van der Waals surface area (Å²) in [5, 5.41) is 0. The van der Waals surface area contributed by atoms with Crippen LogP contribution in [0.25, 0.3) is 0 Å². The number of hydrogen-bond donors (Lipinski definition) is 0. The fourth-order valence-corrected chi connectivity index (χ4v) is 1.74. The van der Waals surface area contributed by atoms with Crippen LogP contribution in [0.2, 0.25) is 0 Å². The average molecular weight is 158 g/mol. The van der Waals surface area contributed by atoms with E-state index in [-0.39, 0.29) is 5.92 Å². The normalized spacial score (nSPS) is 20.7. The zero-order valence-electron chi connectivity index (χ0n) is 6.79. The third-order valence-corrected chi connectivity index (χ3v) is 2.38. The van der Waals surface area contributed by atoms with E-state index in [9.17, 15) is 4.79 Å². The molecule has 0 fully saturated rings. The van der Waals surface area contributed by atoms with E-state index in [1.165, 1.54) is 5.56 Å². The topological polar surface area (TPSA) is 17.1 Å². The van der Waals surface area contributed by atoms with Crippen molar-refractivity contribution in [2.75, 3.05) is 0 Å². The van der Waals surface area contributed by atoms with Crippen LogP contribution < -0.4 is 0 Å². The fourth-order valence-electron chi connectivity index (χ4n) is 1.74. The lowest BCUT2D eigenvalue weighted by Crippen LogP contribution is -1.95. The van der Waals surface area contributed by atoms with Gasteiger partial charge in [-0.2, -0.15) is 0 Å². The summed E-state index contributed by atoms with van der Waals surface area (Å²) in [6.07, 6.45) is 1.84. The fraction of sp³-hybridized carbons (Fsp3) is 0.182. The molecule has 0 bridgehead atoms. The molecule has 1 heteroatoms. The van der Waals surface area contributed by atoms with Gasteiger partial charge in [0.2, 0.25) is 0 Å². The Kier molecular flexibility index (Phi) is 1.58. The van der Waals surface area contributed by atoms with Crippen LogP contribution in [0.15, 0.2) is 36.4 Å². The largest absolute Gasteiger partial charge is 0.302 e. The standard InChI is InChI=1S/C11H10O/c1-8-6-9-4-2-3-5-10(9)11(8)7-12/h2-5,7,11H,1,6H2. The van der Waals surface area contributed by atoms with E-state index in [0.29, 0.717) is 0 Å². The first-order valence-electron chi connectivity index (χ1n) is 4.03. The number of allylic oxidation sites excluding steroid dienone is 1. The second-order valence-corrected chi connectivity index (χ2v) is 3.15. The minimum absolute atomic E-state index is 0.0544. The summed E-state index contributed by atoms with van der Waals surface area (Å²) < 4.78 is 0. The Bertz CT molecular complexity index is 339. The SMILES string of the molecule is C=C1Cc2ccccc2C1C=O. The zero-order valence-corrected chi connectivity index (χ0v) is 6.79. The van der Waals surface area contributed by atoms with Crippen LogP contribution in [-0.4, -0.2) is 6.29 Å². The van der Waals surface area contributed by atoms with Gasteiger partial charge in [0.25, 0.3) is 0 Å². The molecule has 12 heavy (non-hydrogen) atoms. The molecule has 0 aromatic heterocycles. The minimum atomic E-state index is -0.0544. The van der Waals surface area contributed by atoms with Crippen LogP contribution in [0.4, 0.5) is 0 Å². The predicted molar refractivity (Wildman–Crippen MR) is 48.1 cm³/mol. The smallest absolute Gasteiger partial charge is 0.131 e. The Balaban J connectivity index is 2.54. The molecule has 0 amide bonds. The summed E-state index contributed by atoms with van der Waals surface area (Å²) in [5.74, 6) is -0.0544. The van der Waals surface area contributed by atoms with E-state index in [2.05, 4.69) is 12.6 Å². The molecular formula is C11H10O.